The molecule has 21 heavy (non-hydrogen) atoms. The van der Waals surface area contributed by atoms with Crippen molar-refractivity contribution in [2.24, 2.45) is 5.11 Å². The van der Waals surface area contributed by atoms with Crippen molar-refractivity contribution in [2.75, 3.05) is 18.0 Å². The highest BCUT2D eigenvalue weighted by Gasteiger charge is 2.12. The van der Waals surface area contributed by atoms with E-state index in [2.05, 4.69) is 43.7 Å². The Bertz CT molecular complexity index is 609. The zero-order chi connectivity index (χ0) is 15.1. The van der Waals surface area contributed by atoms with Gasteiger partial charge in [0.15, 0.2) is 0 Å². The zero-order valence-electron chi connectivity index (χ0n) is 12.2. The predicted molar refractivity (Wildman–Crippen MR) is 80.8 cm³/mol. The fourth-order valence-electron chi connectivity index (χ4n) is 2.00. The second-order valence-corrected chi connectivity index (χ2v) is 4.50. The van der Waals surface area contributed by atoms with Crippen molar-refractivity contribution in [2.45, 2.75) is 26.7 Å². The molecule has 8 nitrogen and oxygen atoms in total. The Morgan fingerprint density at radius 2 is 1.81 bits per heavy atom. The first kappa shape index (κ1) is 14.8. The Hall–Kier alpha value is -2.60. The fraction of sp³-hybridized carbons (Fsp3) is 0.462. The molecule has 2 aromatic heterocycles. The highest BCUT2D eigenvalue weighted by molar-refractivity contribution is 5.37. The maximum Gasteiger partial charge on any atom is 0.238 e. The summed E-state index contributed by atoms with van der Waals surface area (Å²) >= 11 is 0. The molecule has 110 valence electrons. The molecule has 0 radical (unpaired) electrons. The third kappa shape index (κ3) is 3.70. The van der Waals surface area contributed by atoms with E-state index in [9.17, 15) is 0 Å². The van der Waals surface area contributed by atoms with Crippen LogP contribution in [0.3, 0.4) is 0 Å². The summed E-state index contributed by atoms with van der Waals surface area (Å²) in [6.07, 6.45) is 5.65. The number of rotatable bonds is 7. The van der Waals surface area contributed by atoms with Crippen LogP contribution in [0.15, 0.2) is 29.6 Å². The van der Waals surface area contributed by atoms with E-state index in [1.165, 1.54) is 0 Å². The Labute approximate surface area is 123 Å². The topological polar surface area (TPSA) is 95.6 Å². The van der Waals surface area contributed by atoms with Crippen molar-refractivity contribution >= 4 is 11.9 Å². The van der Waals surface area contributed by atoms with Gasteiger partial charge in [0, 0.05) is 30.4 Å². The van der Waals surface area contributed by atoms with E-state index in [0.717, 1.165) is 25.9 Å². The minimum Gasteiger partial charge on any atom is -0.341 e. The molecule has 2 aromatic rings. The summed E-state index contributed by atoms with van der Waals surface area (Å²) in [5, 5.41) is 3.52. The molecule has 8 heteroatoms. The van der Waals surface area contributed by atoms with Gasteiger partial charge in [0.05, 0.1) is 0 Å². The van der Waals surface area contributed by atoms with Gasteiger partial charge in [-0.2, -0.15) is 15.0 Å². The highest BCUT2D eigenvalue weighted by Crippen LogP contribution is 2.16. The second-order valence-electron chi connectivity index (χ2n) is 4.50. The van der Waals surface area contributed by atoms with E-state index in [0.29, 0.717) is 11.9 Å². The lowest BCUT2D eigenvalue weighted by molar-refractivity contribution is 0.713. The molecule has 0 amide bonds. The molecule has 0 saturated heterocycles. The van der Waals surface area contributed by atoms with E-state index in [4.69, 9.17) is 5.53 Å². The van der Waals surface area contributed by atoms with Crippen LogP contribution in [0.2, 0.25) is 0 Å². The molecule has 2 heterocycles. The molecular weight excluding hydrogens is 268 g/mol. The first-order chi connectivity index (χ1) is 10.3. The molecule has 0 aromatic carbocycles. The van der Waals surface area contributed by atoms with Gasteiger partial charge in [-0.3, -0.25) is 4.57 Å². The highest BCUT2D eigenvalue weighted by atomic mass is 15.3. The largest absolute Gasteiger partial charge is 0.341 e. The maximum atomic E-state index is 8.61. The minimum atomic E-state index is 0.0865. The quantitative estimate of drug-likeness (QED) is 0.443. The molecule has 2 rings (SSSR count). The SMILES string of the molecule is CCCN(CCC)c1nc(N=[N+]=[N-])nc(-n2cccc2)n1. The molecule has 0 fully saturated rings. The minimum absolute atomic E-state index is 0.0865. The Kier molecular flexibility index (Phi) is 5.11. The molecule has 0 aliphatic rings. The van der Waals surface area contributed by atoms with E-state index >= 15 is 0 Å². The van der Waals surface area contributed by atoms with Gasteiger partial charge in [-0.25, -0.2) is 0 Å². The molecule has 0 aliphatic heterocycles. The van der Waals surface area contributed by atoms with E-state index < -0.39 is 0 Å². The number of hydrogen-bond acceptors (Lipinski definition) is 5. The zero-order valence-corrected chi connectivity index (χ0v) is 12.2. The number of anilines is 1. The molecule has 0 atom stereocenters. The molecule has 0 aliphatic carbocycles. The number of aromatic nitrogens is 4. The molecule has 0 spiro atoms. The van der Waals surface area contributed by atoms with Crippen LogP contribution < -0.4 is 4.90 Å². The lowest BCUT2D eigenvalue weighted by Gasteiger charge is -2.21. The van der Waals surface area contributed by atoms with Crippen molar-refractivity contribution in [3.8, 4) is 5.95 Å². The number of hydrogen-bond donors (Lipinski definition) is 0. The second kappa shape index (κ2) is 7.25. The Morgan fingerprint density at radius 1 is 1.14 bits per heavy atom. The fourth-order valence-corrected chi connectivity index (χ4v) is 2.00. The van der Waals surface area contributed by atoms with Crippen LogP contribution in [0.1, 0.15) is 26.7 Å². The van der Waals surface area contributed by atoms with Gasteiger partial charge >= 0.3 is 0 Å². The number of azide groups is 1. The van der Waals surface area contributed by atoms with Crippen LogP contribution in [-0.2, 0) is 0 Å². The van der Waals surface area contributed by atoms with Gasteiger partial charge in [-0.05, 0) is 35.6 Å². The first-order valence-corrected chi connectivity index (χ1v) is 6.98. The average molecular weight is 286 g/mol. The van der Waals surface area contributed by atoms with Crippen LogP contribution in [-0.4, -0.2) is 32.6 Å². The Morgan fingerprint density at radius 3 is 2.38 bits per heavy atom. The van der Waals surface area contributed by atoms with Crippen LogP contribution in [0, 0.1) is 0 Å². The third-order valence-electron chi connectivity index (χ3n) is 2.84. The summed E-state index contributed by atoms with van der Waals surface area (Å²) in [6.45, 7) is 5.90. The Balaban J connectivity index is 2.46. The monoisotopic (exact) mass is 286 g/mol. The molecule has 0 bridgehead atoms. The van der Waals surface area contributed by atoms with E-state index in [1.807, 2.05) is 24.5 Å². The van der Waals surface area contributed by atoms with Gasteiger partial charge in [0.1, 0.15) is 0 Å². The van der Waals surface area contributed by atoms with Gasteiger partial charge in [-0.1, -0.05) is 13.8 Å². The van der Waals surface area contributed by atoms with Gasteiger partial charge in [0.2, 0.25) is 17.8 Å². The van der Waals surface area contributed by atoms with E-state index in [-0.39, 0.29) is 5.95 Å². The van der Waals surface area contributed by atoms with Crippen molar-refractivity contribution in [1.82, 2.24) is 19.5 Å². The molecule has 0 saturated carbocycles. The molecular formula is C13H18N8. The van der Waals surface area contributed by atoms with Gasteiger partial charge in [-0.15, -0.1) is 0 Å². The summed E-state index contributed by atoms with van der Waals surface area (Å²) in [7, 11) is 0. The van der Waals surface area contributed by atoms with Gasteiger partial charge < -0.3 is 4.90 Å². The van der Waals surface area contributed by atoms with Crippen molar-refractivity contribution in [3.63, 3.8) is 0 Å². The normalized spacial score (nSPS) is 10.2. The van der Waals surface area contributed by atoms with Crippen molar-refractivity contribution in [1.29, 1.82) is 0 Å². The number of nitrogens with zero attached hydrogens (tertiary/aromatic N) is 8. The first-order valence-electron chi connectivity index (χ1n) is 6.98. The van der Waals surface area contributed by atoms with Crippen LogP contribution >= 0.6 is 0 Å². The van der Waals surface area contributed by atoms with Crippen molar-refractivity contribution < 1.29 is 0 Å². The smallest absolute Gasteiger partial charge is 0.238 e. The summed E-state index contributed by atoms with van der Waals surface area (Å²) in [5.74, 6) is 1.08. The average Bonchev–Trinajstić information content (AvgIpc) is 3.01. The summed E-state index contributed by atoms with van der Waals surface area (Å²) < 4.78 is 1.76. The third-order valence-corrected chi connectivity index (χ3v) is 2.84. The summed E-state index contributed by atoms with van der Waals surface area (Å²) in [4.78, 5) is 17.7. The summed E-state index contributed by atoms with van der Waals surface area (Å²) in [5.41, 5.74) is 8.61. The van der Waals surface area contributed by atoms with Gasteiger partial charge in [0.25, 0.3) is 0 Å². The maximum absolute atomic E-state index is 8.61. The molecule has 0 N–H and O–H groups in total. The van der Waals surface area contributed by atoms with Crippen LogP contribution in [0.25, 0.3) is 16.4 Å². The standard InChI is InChI=1S/C13H18N8/c1-3-7-20(8-4-2)12-15-11(18-19-14)16-13(17-12)21-9-5-6-10-21/h5-6,9-10H,3-4,7-8H2,1-2H3. The molecule has 0 unspecified atom stereocenters. The van der Waals surface area contributed by atoms with E-state index in [1.54, 1.807) is 4.57 Å². The lowest BCUT2D eigenvalue weighted by atomic mass is 10.4. The summed E-state index contributed by atoms with van der Waals surface area (Å²) in [6, 6.07) is 3.76. The predicted octanol–water partition coefficient (Wildman–Crippen LogP) is 3.23. The van der Waals surface area contributed by atoms with Crippen LogP contribution in [0.5, 0.6) is 0 Å². The van der Waals surface area contributed by atoms with Crippen LogP contribution in [0.4, 0.5) is 11.9 Å². The van der Waals surface area contributed by atoms with Crippen molar-refractivity contribution in [3.05, 3.63) is 35.0 Å². The lowest BCUT2D eigenvalue weighted by Crippen LogP contribution is -2.27.